The fourth-order valence-electron chi connectivity index (χ4n) is 2.73. The predicted octanol–water partition coefficient (Wildman–Crippen LogP) is 2.26. The van der Waals surface area contributed by atoms with E-state index >= 15 is 0 Å². The molecule has 0 saturated carbocycles. The summed E-state index contributed by atoms with van der Waals surface area (Å²) < 4.78 is 17.7. The summed E-state index contributed by atoms with van der Waals surface area (Å²) in [6, 6.07) is 5.89. The first-order valence-electron chi connectivity index (χ1n) is 7.14. The SMILES string of the molecule is COc1cc(N)ccc1S(=O)CCC1CCCCN1C. The van der Waals surface area contributed by atoms with E-state index in [1.54, 1.807) is 19.2 Å². The van der Waals surface area contributed by atoms with Crippen LogP contribution in [0, 0.1) is 0 Å². The van der Waals surface area contributed by atoms with Crippen LogP contribution < -0.4 is 10.5 Å². The maximum atomic E-state index is 12.5. The molecule has 2 rings (SSSR count). The van der Waals surface area contributed by atoms with Crippen LogP contribution in [0.15, 0.2) is 23.1 Å². The summed E-state index contributed by atoms with van der Waals surface area (Å²) in [4.78, 5) is 3.14. The molecule has 1 saturated heterocycles. The van der Waals surface area contributed by atoms with Crippen molar-refractivity contribution >= 4 is 16.5 Å². The van der Waals surface area contributed by atoms with Gasteiger partial charge >= 0.3 is 0 Å². The molecule has 1 aliphatic heterocycles. The Hall–Kier alpha value is -1.07. The van der Waals surface area contributed by atoms with Gasteiger partial charge in [0.1, 0.15) is 5.75 Å². The summed E-state index contributed by atoms with van der Waals surface area (Å²) in [7, 11) is 2.72. The van der Waals surface area contributed by atoms with Crippen molar-refractivity contribution in [1.82, 2.24) is 4.90 Å². The maximum absolute atomic E-state index is 12.5. The van der Waals surface area contributed by atoms with Crippen LogP contribution in [0.1, 0.15) is 25.7 Å². The average molecular weight is 296 g/mol. The Labute approximate surface area is 123 Å². The first-order chi connectivity index (χ1) is 9.61. The van der Waals surface area contributed by atoms with E-state index in [0.717, 1.165) is 17.9 Å². The van der Waals surface area contributed by atoms with Crippen molar-refractivity contribution in [2.75, 3.05) is 32.2 Å². The molecule has 1 aromatic carbocycles. The minimum Gasteiger partial charge on any atom is -0.495 e. The van der Waals surface area contributed by atoms with E-state index in [1.807, 2.05) is 6.07 Å². The number of rotatable bonds is 5. The number of ether oxygens (including phenoxy) is 1. The van der Waals surface area contributed by atoms with Gasteiger partial charge in [-0.3, -0.25) is 4.21 Å². The van der Waals surface area contributed by atoms with E-state index in [2.05, 4.69) is 11.9 Å². The molecule has 0 aliphatic carbocycles. The van der Waals surface area contributed by atoms with Gasteiger partial charge in [0.15, 0.2) is 0 Å². The zero-order chi connectivity index (χ0) is 14.5. The highest BCUT2D eigenvalue weighted by Gasteiger charge is 2.20. The third kappa shape index (κ3) is 3.73. The average Bonchev–Trinajstić information content (AvgIpc) is 2.46. The van der Waals surface area contributed by atoms with E-state index < -0.39 is 10.8 Å². The molecule has 4 nitrogen and oxygen atoms in total. The molecule has 20 heavy (non-hydrogen) atoms. The van der Waals surface area contributed by atoms with E-state index in [4.69, 9.17) is 10.5 Å². The summed E-state index contributed by atoms with van der Waals surface area (Å²) in [6.07, 6.45) is 4.75. The number of nitrogens with zero attached hydrogens (tertiary/aromatic N) is 1. The van der Waals surface area contributed by atoms with Crippen LogP contribution in [-0.2, 0) is 10.8 Å². The van der Waals surface area contributed by atoms with Crippen LogP contribution in [0.2, 0.25) is 0 Å². The van der Waals surface area contributed by atoms with Gasteiger partial charge in [0.25, 0.3) is 0 Å². The lowest BCUT2D eigenvalue weighted by molar-refractivity contribution is 0.182. The molecule has 0 amide bonds. The molecular weight excluding hydrogens is 272 g/mol. The first-order valence-corrected chi connectivity index (χ1v) is 8.46. The van der Waals surface area contributed by atoms with Crippen molar-refractivity contribution < 1.29 is 8.95 Å². The number of piperidine rings is 1. The highest BCUT2D eigenvalue weighted by Crippen LogP contribution is 2.26. The molecule has 1 fully saturated rings. The number of nitrogens with two attached hydrogens (primary N) is 1. The smallest absolute Gasteiger partial charge is 0.137 e. The Kier molecular flexibility index (Phi) is 5.43. The summed E-state index contributed by atoms with van der Waals surface area (Å²) in [5, 5.41) is 0. The van der Waals surface area contributed by atoms with Gasteiger partial charge in [0.2, 0.25) is 0 Å². The third-order valence-corrected chi connectivity index (χ3v) is 5.43. The van der Waals surface area contributed by atoms with Gasteiger partial charge < -0.3 is 15.4 Å². The number of hydrogen-bond donors (Lipinski definition) is 1. The Morgan fingerprint density at radius 2 is 2.25 bits per heavy atom. The monoisotopic (exact) mass is 296 g/mol. The minimum atomic E-state index is -1.03. The van der Waals surface area contributed by atoms with Crippen molar-refractivity contribution in [2.45, 2.75) is 36.6 Å². The maximum Gasteiger partial charge on any atom is 0.137 e. The summed E-state index contributed by atoms with van der Waals surface area (Å²) in [5.74, 6) is 1.30. The van der Waals surface area contributed by atoms with Gasteiger partial charge in [0.05, 0.1) is 22.8 Å². The molecule has 112 valence electrons. The molecule has 0 bridgehead atoms. The Bertz CT molecular complexity index is 479. The van der Waals surface area contributed by atoms with Crippen LogP contribution in [0.25, 0.3) is 0 Å². The van der Waals surface area contributed by atoms with Crippen molar-refractivity contribution in [3.63, 3.8) is 0 Å². The van der Waals surface area contributed by atoms with Crippen molar-refractivity contribution in [3.05, 3.63) is 18.2 Å². The van der Waals surface area contributed by atoms with E-state index in [1.165, 1.54) is 19.3 Å². The Balaban J connectivity index is 1.98. The van der Waals surface area contributed by atoms with Gasteiger partial charge in [0, 0.05) is 23.5 Å². The van der Waals surface area contributed by atoms with Gasteiger partial charge in [-0.25, -0.2) is 0 Å². The van der Waals surface area contributed by atoms with Gasteiger partial charge in [-0.15, -0.1) is 0 Å². The second-order valence-electron chi connectivity index (χ2n) is 5.38. The normalized spacial score (nSPS) is 21.6. The molecule has 2 unspecified atom stereocenters. The van der Waals surface area contributed by atoms with Gasteiger partial charge in [-0.2, -0.15) is 0 Å². The zero-order valence-electron chi connectivity index (χ0n) is 12.3. The standard InChI is InChI=1S/C15H24N2O2S/c1-17-9-4-3-5-13(17)8-10-20(18)15-7-6-12(16)11-14(15)19-2/h6-7,11,13H,3-5,8-10,16H2,1-2H3. The van der Waals surface area contributed by atoms with E-state index in [9.17, 15) is 4.21 Å². The summed E-state index contributed by atoms with van der Waals surface area (Å²) in [6.45, 7) is 1.16. The first kappa shape index (κ1) is 15.3. The minimum absolute atomic E-state index is 0.562. The van der Waals surface area contributed by atoms with Crippen molar-refractivity contribution in [1.29, 1.82) is 0 Å². The molecule has 0 aromatic heterocycles. The lowest BCUT2D eigenvalue weighted by Gasteiger charge is -2.32. The lowest BCUT2D eigenvalue weighted by Crippen LogP contribution is -2.37. The number of likely N-dealkylation sites (tertiary alicyclic amines) is 1. The zero-order valence-corrected chi connectivity index (χ0v) is 13.1. The fourth-order valence-corrected chi connectivity index (χ4v) is 4.03. The molecule has 2 atom stereocenters. The van der Waals surface area contributed by atoms with Crippen molar-refractivity contribution in [2.24, 2.45) is 0 Å². The molecule has 1 aromatic rings. The van der Waals surface area contributed by atoms with Crippen LogP contribution in [0.4, 0.5) is 5.69 Å². The predicted molar refractivity (Wildman–Crippen MR) is 83.6 cm³/mol. The molecule has 1 heterocycles. The van der Waals surface area contributed by atoms with Gasteiger partial charge in [-0.05, 0) is 45.0 Å². The quantitative estimate of drug-likeness (QED) is 0.847. The molecule has 0 radical (unpaired) electrons. The Morgan fingerprint density at radius 3 is 2.95 bits per heavy atom. The number of hydrogen-bond acceptors (Lipinski definition) is 4. The highest BCUT2D eigenvalue weighted by molar-refractivity contribution is 7.85. The fraction of sp³-hybridized carbons (Fsp3) is 0.600. The van der Waals surface area contributed by atoms with E-state index in [0.29, 0.717) is 23.2 Å². The molecule has 2 N–H and O–H groups in total. The molecule has 5 heteroatoms. The molecule has 0 spiro atoms. The number of methoxy groups -OCH3 is 1. The third-order valence-electron chi connectivity index (χ3n) is 3.99. The van der Waals surface area contributed by atoms with Crippen LogP contribution in [0.3, 0.4) is 0 Å². The Morgan fingerprint density at radius 1 is 1.45 bits per heavy atom. The van der Waals surface area contributed by atoms with Crippen LogP contribution in [0.5, 0.6) is 5.75 Å². The molecule has 1 aliphatic rings. The summed E-state index contributed by atoms with van der Waals surface area (Å²) >= 11 is 0. The number of anilines is 1. The topological polar surface area (TPSA) is 55.6 Å². The summed E-state index contributed by atoms with van der Waals surface area (Å²) in [5.41, 5.74) is 6.36. The number of nitrogen functional groups attached to an aromatic ring is 1. The van der Waals surface area contributed by atoms with Gasteiger partial charge in [-0.1, -0.05) is 6.42 Å². The van der Waals surface area contributed by atoms with Crippen molar-refractivity contribution in [3.8, 4) is 5.75 Å². The van der Waals surface area contributed by atoms with E-state index in [-0.39, 0.29) is 0 Å². The lowest BCUT2D eigenvalue weighted by atomic mass is 10.0. The second kappa shape index (κ2) is 7.09. The second-order valence-corrected chi connectivity index (χ2v) is 6.92. The largest absolute Gasteiger partial charge is 0.495 e. The number of benzene rings is 1. The highest BCUT2D eigenvalue weighted by atomic mass is 32.2. The van der Waals surface area contributed by atoms with Crippen LogP contribution in [-0.4, -0.2) is 41.6 Å². The molecular formula is C15H24N2O2S. The van der Waals surface area contributed by atoms with Crippen LogP contribution >= 0.6 is 0 Å².